The Labute approximate surface area is 176 Å². The second-order valence-corrected chi connectivity index (χ2v) is 8.73. The van der Waals surface area contributed by atoms with Crippen LogP contribution in [0.4, 0.5) is 5.13 Å². The van der Waals surface area contributed by atoms with Gasteiger partial charge in [-0.15, -0.1) is 11.3 Å². The van der Waals surface area contributed by atoms with Gasteiger partial charge in [-0.25, -0.2) is 4.98 Å². The molecule has 1 aromatic heterocycles. The number of piperidine rings is 1. The minimum absolute atomic E-state index is 0.0464. The van der Waals surface area contributed by atoms with Gasteiger partial charge >= 0.3 is 0 Å². The number of anilines is 1. The van der Waals surface area contributed by atoms with E-state index in [0.717, 1.165) is 42.4 Å². The van der Waals surface area contributed by atoms with Crippen LogP contribution in [0.5, 0.6) is 0 Å². The fourth-order valence-corrected chi connectivity index (χ4v) is 4.76. The molecule has 1 aliphatic rings. The molecule has 0 aliphatic carbocycles. The standard InChI is InChI=1S/C24H27N3OS/c1-18-9-8-14-27(15-18)16-21-17-29-24(25-21)26-23(28)22(19-10-4-2-5-11-19)20-12-6-3-7-13-20/h2-7,10-13,17-18,22H,8-9,14-16H2,1H3,(H,25,26,28). The Morgan fingerprint density at radius 3 is 2.41 bits per heavy atom. The first-order chi connectivity index (χ1) is 14.2. The van der Waals surface area contributed by atoms with Gasteiger partial charge in [0, 0.05) is 18.5 Å². The third-order valence-electron chi connectivity index (χ3n) is 5.44. The van der Waals surface area contributed by atoms with Crippen LogP contribution in [-0.4, -0.2) is 28.9 Å². The van der Waals surface area contributed by atoms with Gasteiger partial charge in [-0.3, -0.25) is 9.69 Å². The molecule has 0 bridgehead atoms. The highest BCUT2D eigenvalue weighted by molar-refractivity contribution is 7.13. The van der Waals surface area contributed by atoms with Crippen molar-refractivity contribution in [3.05, 3.63) is 82.9 Å². The summed E-state index contributed by atoms with van der Waals surface area (Å²) in [5.74, 6) is 0.349. The van der Waals surface area contributed by atoms with Crippen LogP contribution in [0.25, 0.3) is 0 Å². The number of amides is 1. The average Bonchev–Trinajstić information content (AvgIpc) is 3.16. The lowest BCUT2D eigenvalue weighted by molar-refractivity contribution is -0.116. The summed E-state index contributed by atoms with van der Waals surface area (Å²) >= 11 is 1.51. The number of rotatable bonds is 6. The second kappa shape index (κ2) is 9.33. The van der Waals surface area contributed by atoms with Crippen LogP contribution in [-0.2, 0) is 11.3 Å². The molecule has 4 nitrogen and oxygen atoms in total. The number of aromatic nitrogens is 1. The average molecular weight is 406 g/mol. The van der Waals surface area contributed by atoms with Gasteiger partial charge in [0.05, 0.1) is 11.6 Å². The van der Waals surface area contributed by atoms with Crippen molar-refractivity contribution in [3.63, 3.8) is 0 Å². The summed E-state index contributed by atoms with van der Waals surface area (Å²) in [5, 5.41) is 5.79. The van der Waals surface area contributed by atoms with Crippen molar-refractivity contribution in [3.8, 4) is 0 Å². The Morgan fingerprint density at radius 1 is 1.14 bits per heavy atom. The number of carbonyl (C=O) groups is 1. The zero-order chi connectivity index (χ0) is 20.1. The van der Waals surface area contributed by atoms with E-state index in [1.54, 1.807) is 0 Å². The topological polar surface area (TPSA) is 45.2 Å². The highest BCUT2D eigenvalue weighted by Gasteiger charge is 2.24. The number of nitrogens with zero attached hydrogens (tertiary/aromatic N) is 2. The molecule has 1 unspecified atom stereocenters. The maximum atomic E-state index is 13.2. The summed E-state index contributed by atoms with van der Waals surface area (Å²) in [4.78, 5) is 20.3. The first-order valence-corrected chi connectivity index (χ1v) is 11.1. The zero-order valence-electron chi connectivity index (χ0n) is 16.8. The molecule has 0 spiro atoms. The van der Waals surface area contributed by atoms with Crippen molar-refractivity contribution in [1.82, 2.24) is 9.88 Å². The van der Waals surface area contributed by atoms with E-state index in [0.29, 0.717) is 5.13 Å². The van der Waals surface area contributed by atoms with Crippen molar-refractivity contribution in [2.75, 3.05) is 18.4 Å². The monoisotopic (exact) mass is 405 g/mol. The molecule has 29 heavy (non-hydrogen) atoms. The van der Waals surface area contributed by atoms with Crippen LogP contribution in [0.15, 0.2) is 66.0 Å². The minimum atomic E-state index is -0.354. The predicted molar refractivity (Wildman–Crippen MR) is 119 cm³/mol. The van der Waals surface area contributed by atoms with Gasteiger partial charge < -0.3 is 5.32 Å². The van der Waals surface area contributed by atoms with Crippen LogP contribution in [0, 0.1) is 5.92 Å². The van der Waals surface area contributed by atoms with E-state index in [4.69, 9.17) is 0 Å². The molecule has 2 aromatic carbocycles. The summed E-state index contributed by atoms with van der Waals surface area (Å²) in [5.41, 5.74) is 3.00. The molecule has 1 N–H and O–H groups in total. The van der Waals surface area contributed by atoms with E-state index >= 15 is 0 Å². The van der Waals surface area contributed by atoms with E-state index in [1.165, 1.54) is 24.2 Å². The highest BCUT2D eigenvalue weighted by atomic mass is 32.1. The molecular weight excluding hydrogens is 378 g/mol. The summed E-state index contributed by atoms with van der Waals surface area (Å²) in [7, 11) is 0. The molecule has 1 aliphatic heterocycles. The maximum Gasteiger partial charge on any atom is 0.238 e. The van der Waals surface area contributed by atoms with E-state index in [1.807, 2.05) is 60.7 Å². The molecule has 0 radical (unpaired) electrons. The first-order valence-electron chi connectivity index (χ1n) is 10.3. The summed E-state index contributed by atoms with van der Waals surface area (Å²) < 4.78 is 0. The van der Waals surface area contributed by atoms with E-state index in [2.05, 4.69) is 27.5 Å². The lowest BCUT2D eigenvalue weighted by Crippen LogP contribution is -2.33. The predicted octanol–water partition coefficient (Wildman–Crippen LogP) is 5.15. The highest BCUT2D eigenvalue weighted by Crippen LogP contribution is 2.27. The number of carbonyl (C=O) groups excluding carboxylic acids is 1. The zero-order valence-corrected chi connectivity index (χ0v) is 17.6. The van der Waals surface area contributed by atoms with Gasteiger partial charge in [-0.2, -0.15) is 0 Å². The molecule has 1 fully saturated rings. The first kappa shape index (κ1) is 19.8. The van der Waals surface area contributed by atoms with Gasteiger partial charge in [0.25, 0.3) is 0 Å². The van der Waals surface area contributed by atoms with Crippen LogP contribution in [0.3, 0.4) is 0 Å². The van der Waals surface area contributed by atoms with Crippen LogP contribution in [0.1, 0.15) is 42.5 Å². The summed E-state index contributed by atoms with van der Waals surface area (Å²) in [6.07, 6.45) is 2.57. The molecule has 2 heterocycles. The lowest BCUT2D eigenvalue weighted by Gasteiger charge is -2.30. The fraction of sp³-hybridized carbons (Fsp3) is 0.333. The van der Waals surface area contributed by atoms with E-state index in [-0.39, 0.29) is 11.8 Å². The smallest absolute Gasteiger partial charge is 0.238 e. The van der Waals surface area contributed by atoms with Gasteiger partial charge in [0.15, 0.2) is 5.13 Å². The Bertz CT molecular complexity index is 886. The molecule has 150 valence electrons. The van der Waals surface area contributed by atoms with Crippen LogP contribution >= 0.6 is 11.3 Å². The minimum Gasteiger partial charge on any atom is -0.301 e. The Morgan fingerprint density at radius 2 is 1.79 bits per heavy atom. The van der Waals surface area contributed by atoms with Gasteiger partial charge in [0.1, 0.15) is 0 Å². The van der Waals surface area contributed by atoms with Crippen LogP contribution in [0.2, 0.25) is 0 Å². The van der Waals surface area contributed by atoms with E-state index in [9.17, 15) is 4.79 Å². The van der Waals surface area contributed by atoms with Crippen molar-refractivity contribution in [2.24, 2.45) is 5.92 Å². The van der Waals surface area contributed by atoms with Crippen molar-refractivity contribution < 1.29 is 4.79 Å². The number of likely N-dealkylation sites (tertiary alicyclic amines) is 1. The van der Waals surface area contributed by atoms with Crippen molar-refractivity contribution >= 4 is 22.4 Å². The summed E-state index contributed by atoms with van der Waals surface area (Å²) in [6, 6.07) is 19.8. The maximum absolute atomic E-state index is 13.2. The number of thiazole rings is 1. The second-order valence-electron chi connectivity index (χ2n) is 7.87. The van der Waals surface area contributed by atoms with Crippen LogP contribution < -0.4 is 5.32 Å². The quantitative estimate of drug-likeness (QED) is 0.617. The van der Waals surface area contributed by atoms with Gasteiger partial charge in [-0.1, -0.05) is 67.6 Å². The Kier molecular flexibility index (Phi) is 6.37. The molecule has 3 aromatic rings. The van der Waals surface area contributed by atoms with Gasteiger partial charge in [-0.05, 0) is 36.4 Å². The molecule has 1 saturated heterocycles. The lowest BCUT2D eigenvalue weighted by atomic mass is 9.90. The SMILES string of the molecule is CC1CCCN(Cc2csc(NC(=O)C(c3ccccc3)c3ccccc3)n2)C1. The molecular formula is C24H27N3OS. The molecule has 1 atom stereocenters. The molecule has 1 amide bonds. The van der Waals surface area contributed by atoms with Crippen molar-refractivity contribution in [1.29, 1.82) is 0 Å². The Balaban J connectivity index is 1.47. The molecule has 0 saturated carbocycles. The Hall–Kier alpha value is -2.50. The number of nitrogens with one attached hydrogen (secondary N) is 1. The summed E-state index contributed by atoms with van der Waals surface area (Å²) in [6.45, 7) is 5.43. The number of hydrogen-bond donors (Lipinski definition) is 1. The number of benzene rings is 2. The third kappa shape index (κ3) is 5.11. The van der Waals surface area contributed by atoms with Crippen molar-refractivity contribution in [2.45, 2.75) is 32.2 Å². The largest absolute Gasteiger partial charge is 0.301 e. The fourth-order valence-electron chi connectivity index (χ4n) is 4.06. The molecule has 5 heteroatoms. The third-order valence-corrected chi connectivity index (χ3v) is 6.24. The molecule has 4 rings (SSSR count). The number of hydrogen-bond acceptors (Lipinski definition) is 4. The van der Waals surface area contributed by atoms with Gasteiger partial charge in [0.2, 0.25) is 5.91 Å². The van der Waals surface area contributed by atoms with E-state index < -0.39 is 0 Å². The normalized spacial score (nSPS) is 17.4.